The molecule has 0 bridgehead atoms. The van der Waals surface area contributed by atoms with Gasteiger partial charge in [-0.3, -0.25) is 9.89 Å². The summed E-state index contributed by atoms with van der Waals surface area (Å²) in [5, 5.41) is 9.68. The monoisotopic (exact) mass is 250 g/mol. The zero-order valence-corrected chi connectivity index (χ0v) is 11.2. The maximum atomic E-state index is 12.0. The summed E-state index contributed by atoms with van der Waals surface area (Å²) in [6.45, 7) is 3.92. The van der Waals surface area contributed by atoms with E-state index in [1.54, 1.807) is 6.92 Å². The van der Waals surface area contributed by atoms with Crippen LogP contribution in [0.1, 0.15) is 61.9 Å². The summed E-state index contributed by atoms with van der Waals surface area (Å²) in [5.41, 5.74) is 0. The average molecular weight is 250 g/mol. The smallest absolute Gasteiger partial charge is 0.291 e. The number of carbonyl (C=O) groups excluding carboxylic acids is 1. The van der Waals surface area contributed by atoms with Crippen LogP contribution in [0, 0.1) is 12.8 Å². The van der Waals surface area contributed by atoms with E-state index in [1.165, 1.54) is 32.1 Å². The van der Waals surface area contributed by atoms with Crippen molar-refractivity contribution in [2.45, 2.75) is 58.4 Å². The molecule has 0 aromatic carbocycles. The molecule has 0 saturated heterocycles. The Morgan fingerprint density at radius 3 is 2.72 bits per heavy atom. The van der Waals surface area contributed by atoms with Gasteiger partial charge in [-0.25, -0.2) is 4.98 Å². The number of aryl methyl sites for hydroxylation is 1. The van der Waals surface area contributed by atoms with Crippen LogP contribution in [0.3, 0.4) is 0 Å². The molecule has 1 amide bonds. The van der Waals surface area contributed by atoms with Gasteiger partial charge in [0, 0.05) is 6.04 Å². The summed E-state index contributed by atoms with van der Waals surface area (Å²) in [7, 11) is 0. The van der Waals surface area contributed by atoms with Crippen LogP contribution in [0.25, 0.3) is 0 Å². The lowest BCUT2D eigenvalue weighted by Crippen LogP contribution is -2.41. The molecule has 5 nitrogen and oxygen atoms in total. The molecule has 1 aliphatic carbocycles. The Morgan fingerprint density at radius 1 is 1.44 bits per heavy atom. The molecule has 1 atom stereocenters. The molecule has 5 heteroatoms. The third-order valence-electron chi connectivity index (χ3n) is 3.78. The highest BCUT2D eigenvalue weighted by Crippen LogP contribution is 2.27. The number of aromatic amines is 1. The molecule has 0 aliphatic heterocycles. The van der Waals surface area contributed by atoms with Gasteiger partial charge < -0.3 is 5.32 Å². The molecule has 2 N–H and O–H groups in total. The number of hydrogen-bond acceptors (Lipinski definition) is 3. The minimum absolute atomic E-state index is 0.156. The fourth-order valence-corrected chi connectivity index (χ4v) is 2.77. The van der Waals surface area contributed by atoms with E-state index in [2.05, 4.69) is 27.4 Å². The van der Waals surface area contributed by atoms with E-state index in [9.17, 15) is 4.79 Å². The first kappa shape index (κ1) is 13.1. The maximum absolute atomic E-state index is 12.0. The van der Waals surface area contributed by atoms with E-state index in [0.717, 1.165) is 6.42 Å². The predicted octanol–water partition coefficient (Wildman–Crippen LogP) is 2.20. The van der Waals surface area contributed by atoms with E-state index >= 15 is 0 Å². The number of rotatable bonds is 4. The third-order valence-corrected chi connectivity index (χ3v) is 3.78. The number of aromatic nitrogens is 3. The summed E-state index contributed by atoms with van der Waals surface area (Å²) in [4.78, 5) is 16.1. The highest BCUT2D eigenvalue weighted by Gasteiger charge is 2.25. The molecule has 1 unspecified atom stereocenters. The fraction of sp³-hybridized carbons (Fsp3) is 0.769. The van der Waals surface area contributed by atoms with Crippen LogP contribution in [-0.4, -0.2) is 27.1 Å². The van der Waals surface area contributed by atoms with Gasteiger partial charge in [0.05, 0.1) is 0 Å². The SMILES string of the molecule is CCC(NC(=O)c1n[nH]c(C)n1)C1CCCCC1. The fourth-order valence-electron chi connectivity index (χ4n) is 2.77. The number of carbonyl (C=O) groups is 1. The molecule has 1 aromatic heterocycles. The Labute approximate surface area is 108 Å². The van der Waals surface area contributed by atoms with Gasteiger partial charge in [0.25, 0.3) is 5.91 Å². The molecular formula is C13H22N4O. The molecule has 1 saturated carbocycles. The van der Waals surface area contributed by atoms with Crippen LogP contribution in [0.15, 0.2) is 0 Å². The zero-order chi connectivity index (χ0) is 13.0. The second-order valence-corrected chi connectivity index (χ2v) is 5.13. The predicted molar refractivity (Wildman–Crippen MR) is 69.2 cm³/mol. The molecular weight excluding hydrogens is 228 g/mol. The number of nitrogens with one attached hydrogen (secondary N) is 2. The van der Waals surface area contributed by atoms with Crippen LogP contribution in [0.5, 0.6) is 0 Å². The van der Waals surface area contributed by atoms with Gasteiger partial charge in [0.2, 0.25) is 5.82 Å². The van der Waals surface area contributed by atoms with Crippen molar-refractivity contribution >= 4 is 5.91 Å². The van der Waals surface area contributed by atoms with Crippen LogP contribution < -0.4 is 5.32 Å². The molecule has 1 aliphatic rings. The first-order valence-corrected chi connectivity index (χ1v) is 6.90. The summed E-state index contributed by atoms with van der Waals surface area (Å²) in [6.07, 6.45) is 7.34. The van der Waals surface area contributed by atoms with Crippen molar-refractivity contribution in [1.82, 2.24) is 20.5 Å². The molecule has 1 fully saturated rings. The summed E-state index contributed by atoms with van der Waals surface area (Å²) >= 11 is 0. The van der Waals surface area contributed by atoms with E-state index < -0.39 is 0 Å². The Bertz CT molecular complexity index is 395. The van der Waals surface area contributed by atoms with Gasteiger partial charge in [-0.15, -0.1) is 5.10 Å². The lowest BCUT2D eigenvalue weighted by Gasteiger charge is -2.29. The van der Waals surface area contributed by atoms with Crippen molar-refractivity contribution in [2.24, 2.45) is 5.92 Å². The van der Waals surface area contributed by atoms with Crippen LogP contribution in [0.4, 0.5) is 0 Å². The number of nitrogens with zero attached hydrogens (tertiary/aromatic N) is 2. The second-order valence-electron chi connectivity index (χ2n) is 5.13. The van der Waals surface area contributed by atoms with Crippen molar-refractivity contribution in [3.05, 3.63) is 11.6 Å². The van der Waals surface area contributed by atoms with Crippen molar-refractivity contribution in [1.29, 1.82) is 0 Å². The summed E-state index contributed by atoms with van der Waals surface area (Å²) in [5.74, 6) is 1.39. The lowest BCUT2D eigenvalue weighted by atomic mass is 9.83. The average Bonchev–Trinajstić information content (AvgIpc) is 2.83. The van der Waals surface area contributed by atoms with Gasteiger partial charge >= 0.3 is 0 Å². The number of H-pyrrole nitrogens is 1. The highest BCUT2D eigenvalue weighted by molar-refractivity contribution is 5.90. The van der Waals surface area contributed by atoms with Gasteiger partial charge in [-0.1, -0.05) is 26.2 Å². The molecule has 0 radical (unpaired) electrons. The van der Waals surface area contributed by atoms with Gasteiger partial charge in [-0.05, 0) is 32.1 Å². The maximum Gasteiger partial charge on any atom is 0.291 e. The molecule has 1 heterocycles. The molecule has 1 aromatic rings. The van der Waals surface area contributed by atoms with E-state index in [1.807, 2.05) is 0 Å². The molecule has 0 spiro atoms. The van der Waals surface area contributed by atoms with Gasteiger partial charge in [-0.2, -0.15) is 0 Å². The number of amides is 1. The van der Waals surface area contributed by atoms with Gasteiger partial charge in [0.15, 0.2) is 0 Å². The van der Waals surface area contributed by atoms with Crippen molar-refractivity contribution in [3.63, 3.8) is 0 Å². The normalized spacial score (nSPS) is 18.6. The van der Waals surface area contributed by atoms with E-state index in [4.69, 9.17) is 0 Å². The van der Waals surface area contributed by atoms with Crippen LogP contribution >= 0.6 is 0 Å². The highest BCUT2D eigenvalue weighted by atomic mass is 16.2. The lowest BCUT2D eigenvalue weighted by molar-refractivity contribution is 0.0901. The topological polar surface area (TPSA) is 70.7 Å². The van der Waals surface area contributed by atoms with Gasteiger partial charge in [0.1, 0.15) is 5.82 Å². The molecule has 100 valence electrons. The minimum Gasteiger partial charge on any atom is -0.346 e. The molecule has 18 heavy (non-hydrogen) atoms. The summed E-state index contributed by atoms with van der Waals surface area (Å²) < 4.78 is 0. The largest absolute Gasteiger partial charge is 0.346 e. The van der Waals surface area contributed by atoms with Crippen LogP contribution in [0.2, 0.25) is 0 Å². The van der Waals surface area contributed by atoms with E-state index in [-0.39, 0.29) is 17.8 Å². The minimum atomic E-state index is -0.156. The van der Waals surface area contributed by atoms with Crippen molar-refractivity contribution in [2.75, 3.05) is 0 Å². The quantitative estimate of drug-likeness (QED) is 0.860. The Hall–Kier alpha value is -1.39. The van der Waals surface area contributed by atoms with Crippen LogP contribution in [-0.2, 0) is 0 Å². The standard InChI is InChI=1S/C13H22N4O/c1-3-11(10-7-5-4-6-8-10)15-13(18)12-14-9(2)16-17-12/h10-11H,3-8H2,1-2H3,(H,15,18)(H,14,16,17). The Morgan fingerprint density at radius 2 is 2.17 bits per heavy atom. The first-order valence-electron chi connectivity index (χ1n) is 6.90. The third kappa shape index (κ3) is 3.09. The second kappa shape index (κ2) is 5.98. The van der Waals surface area contributed by atoms with E-state index in [0.29, 0.717) is 11.7 Å². The van der Waals surface area contributed by atoms with Crippen molar-refractivity contribution in [3.8, 4) is 0 Å². The Balaban J connectivity index is 1.95. The zero-order valence-electron chi connectivity index (χ0n) is 11.2. The first-order chi connectivity index (χ1) is 8.70. The molecule has 2 rings (SSSR count). The van der Waals surface area contributed by atoms with Crippen molar-refractivity contribution < 1.29 is 4.79 Å². The Kier molecular flexibility index (Phi) is 4.33. The number of hydrogen-bond donors (Lipinski definition) is 2. The summed E-state index contributed by atoms with van der Waals surface area (Å²) in [6, 6.07) is 0.261.